The third kappa shape index (κ3) is 5.50. The number of benzene rings is 3. The minimum atomic E-state index is -0.653. The van der Waals surface area contributed by atoms with E-state index in [1.807, 2.05) is 25.1 Å². The van der Waals surface area contributed by atoms with Gasteiger partial charge in [0.2, 0.25) is 5.90 Å². The second-order valence-electron chi connectivity index (χ2n) is 7.61. The fourth-order valence-corrected chi connectivity index (χ4v) is 3.59. The number of nitro groups is 1. The molecule has 4 rings (SSSR count). The van der Waals surface area contributed by atoms with Gasteiger partial charge in [0.25, 0.3) is 5.69 Å². The number of hydrogen-bond acceptors (Lipinski definition) is 7. The molecule has 1 aliphatic heterocycles. The van der Waals surface area contributed by atoms with Gasteiger partial charge in [0.05, 0.1) is 11.5 Å². The van der Waals surface area contributed by atoms with Crippen LogP contribution in [-0.4, -0.2) is 23.4 Å². The van der Waals surface area contributed by atoms with E-state index in [1.54, 1.807) is 49.4 Å². The maximum absolute atomic E-state index is 12.4. The van der Waals surface area contributed by atoms with Gasteiger partial charge in [-0.25, -0.2) is 9.79 Å². The van der Waals surface area contributed by atoms with Crippen molar-refractivity contribution < 1.29 is 23.9 Å². The number of carbonyl (C=O) groups excluding carboxylic acids is 1. The summed E-state index contributed by atoms with van der Waals surface area (Å²) < 4.78 is 16.9. The van der Waals surface area contributed by atoms with Gasteiger partial charge in [-0.15, -0.1) is 0 Å². The fraction of sp³-hybridized carbons (Fsp3) is 0.154. The number of aryl methyl sites for hydroxylation is 1. The van der Waals surface area contributed by atoms with Gasteiger partial charge in [0, 0.05) is 27.8 Å². The smallest absolute Gasteiger partial charge is 0.363 e. The lowest BCUT2D eigenvalue weighted by atomic mass is 10.1. The van der Waals surface area contributed by atoms with Crippen molar-refractivity contribution in [2.24, 2.45) is 4.99 Å². The molecule has 0 aliphatic carbocycles. The summed E-state index contributed by atoms with van der Waals surface area (Å²) >= 11 is 6.20. The van der Waals surface area contributed by atoms with Crippen molar-refractivity contribution in [2.75, 3.05) is 6.61 Å². The Balaban J connectivity index is 1.59. The van der Waals surface area contributed by atoms with Crippen LogP contribution in [0, 0.1) is 17.0 Å². The van der Waals surface area contributed by atoms with E-state index in [-0.39, 0.29) is 23.9 Å². The number of ether oxygens (including phenoxy) is 3. The molecule has 0 bridgehead atoms. The molecule has 0 atom stereocenters. The quantitative estimate of drug-likeness (QED) is 0.168. The van der Waals surface area contributed by atoms with Crippen molar-refractivity contribution in [3.8, 4) is 11.5 Å². The molecule has 0 spiro atoms. The number of halogens is 1. The fourth-order valence-electron chi connectivity index (χ4n) is 3.40. The predicted molar refractivity (Wildman–Crippen MR) is 132 cm³/mol. The van der Waals surface area contributed by atoms with Gasteiger partial charge in [-0.1, -0.05) is 41.9 Å². The van der Waals surface area contributed by atoms with Crippen LogP contribution < -0.4 is 9.47 Å². The largest absolute Gasteiger partial charge is 0.490 e. The molecule has 0 radical (unpaired) electrons. The molecule has 0 unspecified atom stereocenters. The maximum atomic E-state index is 12.4. The van der Waals surface area contributed by atoms with Gasteiger partial charge in [-0.05, 0) is 49.8 Å². The standard InChI is InChI=1S/C26H21ClN2O6/c1-3-33-24-13-17(9-11-23(24)34-15-19-6-4-5-7-20(19)27)12-21-26(30)35-25(28-21)18-10-8-16(2)22(14-18)29(31)32/h4-14H,3,15H2,1-2H3/b21-12+. The zero-order valence-corrected chi connectivity index (χ0v) is 19.7. The van der Waals surface area contributed by atoms with E-state index in [9.17, 15) is 14.9 Å². The Morgan fingerprint density at radius 3 is 2.63 bits per heavy atom. The monoisotopic (exact) mass is 492 g/mol. The van der Waals surface area contributed by atoms with E-state index in [2.05, 4.69) is 4.99 Å². The Kier molecular flexibility index (Phi) is 7.12. The summed E-state index contributed by atoms with van der Waals surface area (Å²) in [4.78, 5) is 27.4. The highest BCUT2D eigenvalue weighted by molar-refractivity contribution is 6.31. The van der Waals surface area contributed by atoms with Gasteiger partial charge in [-0.3, -0.25) is 10.1 Å². The number of carbonyl (C=O) groups is 1. The number of esters is 1. The third-order valence-electron chi connectivity index (χ3n) is 5.19. The first-order valence-corrected chi connectivity index (χ1v) is 11.1. The average Bonchev–Trinajstić information content (AvgIpc) is 3.20. The van der Waals surface area contributed by atoms with Crippen LogP contribution in [0.25, 0.3) is 6.08 Å². The minimum absolute atomic E-state index is 0.00840. The van der Waals surface area contributed by atoms with Gasteiger partial charge < -0.3 is 14.2 Å². The predicted octanol–water partition coefficient (Wildman–Crippen LogP) is 5.88. The van der Waals surface area contributed by atoms with Crippen molar-refractivity contribution >= 4 is 35.2 Å². The summed E-state index contributed by atoms with van der Waals surface area (Å²) in [7, 11) is 0. The molecule has 9 heteroatoms. The molecule has 0 fully saturated rings. The van der Waals surface area contributed by atoms with E-state index < -0.39 is 10.9 Å². The molecule has 3 aromatic rings. The molecule has 3 aromatic carbocycles. The summed E-state index contributed by atoms with van der Waals surface area (Å²) in [6.45, 7) is 4.17. The summed E-state index contributed by atoms with van der Waals surface area (Å²) in [5.41, 5.74) is 2.32. The Hall–Kier alpha value is -4.17. The van der Waals surface area contributed by atoms with Crippen LogP contribution in [0.15, 0.2) is 71.4 Å². The highest BCUT2D eigenvalue weighted by Gasteiger charge is 2.26. The lowest BCUT2D eigenvalue weighted by molar-refractivity contribution is -0.385. The second-order valence-corrected chi connectivity index (χ2v) is 8.02. The number of rotatable bonds is 8. The average molecular weight is 493 g/mol. The van der Waals surface area contributed by atoms with Gasteiger partial charge in [0.15, 0.2) is 17.2 Å². The first-order valence-electron chi connectivity index (χ1n) is 10.8. The Morgan fingerprint density at radius 1 is 1.09 bits per heavy atom. The Morgan fingerprint density at radius 2 is 1.89 bits per heavy atom. The lowest BCUT2D eigenvalue weighted by Gasteiger charge is -2.13. The molecule has 0 saturated heterocycles. The number of hydrogen-bond donors (Lipinski definition) is 0. The van der Waals surface area contributed by atoms with Gasteiger partial charge in [-0.2, -0.15) is 0 Å². The summed E-state index contributed by atoms with van der Waals surface area (Å²) in [5, 5.41) is 11.8. The van der Waals surface area contributed by atoms with Crippen LogP contribution in [0.1, 0.15) is 29.2 Å². The van der Waals surface area contributed by atoms with Crippen molar-refractivity contribution in [3.05, 3.63) is 104 Å². The van der Waals surface area contributed by atoms with E-state index in [4.69, 9.17) is 25.8 Å². The van der Waals surface area contributed by atoms with Crippen LogP contribution in [0.5, 0.6) is 11.5 Å². The highest BCUT2D eigenvalue weighted by atomic mass is 35.5. The van der Waals surface area contributed by atoms with Gasteiger partial charge in [0.1, 0.15) is 6.61 Å². The van der Waals surface area contributed by atoms with E-state index in [0.29, 0.717) is 39.8 Å². The zero-order valence-electron chi connectivity index (χ0n) is 19.0. The van der Waals surface area contributed by atoms with Gasteiger partial charge >= 0.3 is 5.97 Å². The van der Waals surface area contributed by atoms with Crippen LogP contribution in [-0.2, 0) is 16.1 Å². The topological polar surface area (TPSA) is 100 Å². The first kappa shape index (κ1) is 24.0. The maximum Gasteiger partial charge on any atom is 0.363 e. The third-order valence-corrected chi connectivity index (χ3v) is 5.55. The van der Waals surface area contributed by atoms with Crippen molar-refractivity contribution in [1.82, 2.24) is 0 Å². The molecule has 0 N–H and O–H groups in total. The molecule has 0 amide bonds. The molecule has 0 aromatic heterocycles. The molecule has 1 heterocycles. The molecule has 0 saturated carbocycles. The molecule has 178 valence electrons. The summed E-state index contributed by atoms with van der Waals surface area (Å²) in [6.07, 6.45) is 1.55. The van der Waals surface area contributed by atoms with Crippen molar-refractivity contribution in [1.29, 1.82) is 0 Å². The van der Waals surface area contributed by atoms with E-state index in [1.165, 1.54) is 6.07 Å². The molecular formula is C26H21ClN2O6. The second kappa shape index (κ2) is 10.4. The summed E-state index contributed by atoms with van der Waals surface area (Å²) in [6, 6.07) is 17.2. The number of nitrogens with zero attached hydrogens (tertiary/aromatic N) is 2. The summed E-state index contributed by atoms with van der Waals surface area (Å²) in [5.74, 6) is 0.381. The molecule has 35 heavy (non-hydrogen) atoms. The Labute approximate surface area is 206 Å². The van der Waals surface area contributed by atoms with Crippen LogP contribution >= 0.6 is 11.6 Å². The molecular weight excluding hydrogens is 472 g/mol. The highest BCUT2D eigenvalue weighted by Crippen LogP contribution is 2.32. The number of cyclic esters (lactones) is 1. The number of aliphatic imine (C=N–C) groups is 1. The minimum Gasteiger partial charge on any atom is -0.490 e. The van der Waals surface area contributed by atoms with Crippen LogP contribution in [0.4, 0.5) is 5.69 Å². The van der Waals surface area contributed by atoms with Crippen molar-refractivity contribution in [2.45, 2.75) is 20.5 Å². The SMILES string of the molecule is CCOc1cc(/C=C2/N=C(c3ccc(C)c([N+](=O)[O-])c3)OC2=O)ccc1OCc1ccccc1Cl. The van der Waals surface area contributed by atoms with Crippen LogP contribution in [0.2, 0.25) is 5.02 Å². The van der Waals surface area contributed by atoms with E-state index >= 15 is 0 Å². The lowest BCUT2D eigenvalue weighted by Crippen LogP contribution is -2.06. The first-order chi connectivity index (χ1) is 16.9. The Bertz CT molecular complexity index is 1370. The van der Waals surface area contributed by atoms with Crippen LogP contribution in [0.3, 0.4) is 0 Å². The van der Waals surface area contributed by atoms with Crippen molar-refractivity contribution in [3.63, 3.8) is 0 Å². The number of nitro benzene ring substituents is 1. The molecule has 1 aliphatic rings. The molecule has 8 nitrogen and oxygen atoms in total. The zero-order chi connectivity index (χ0) is 24.9. The normalized spacial score (nSPS) is 14.0. The van der Waals surface area contributed by atoms with E-state index in [0.717, 1.165) is 5.56 Å².